The highest BCUT2D eigenvalue weighted by Crippen LogP contribution is 2.34. The van der Waals surface area contributed by atoms with E-state index in [0.717, 1.165) is 38.4 Å². The van der Waals surface area contributed by atoms with Gasteiger partial charge in [0.15, 0.2) is 0 Å². The van der Waals surface area contributed by atoms with E-state index in [1.54, 1.807) is 17.3 Å². The van der Waals surface area contributed by atoms with E-state index in [2.05, 4.69) is 45.9 Å². The summed E-state index contributed by atoms with van der Waals surface area (Å²) < 4.78 is 7.45. The molecule has 2 aliphatic heterocycles. The largest absolute Gasteiger partial charge is 0.494 e. The molecule has 0 aliphatic carbocycles. The van der Waals surface area contributed by atoms with Crippen LogP contribution in [0, 0.1) is 0 Å². The summed E-state index contributed by atoms with van der Waals surface area (Å²) >= 11 is 0. The van der Waals surface area contributed by atoms with Crippen molar-refractivity contribution in [3.8, 4) is 22.8 Å². The van der Waals surface area contributed by atoms with Gasteiger partial charge < -0.3 is 30.2 Å². The van der Waals surface area contributed by atoms with Gasteiger partial charge in [-0.15, -0.1) is 10.2 Å². The number of rotatable bonds is 10. The lowest BCUT2D eigenvalue weighted by molar-refractivity contribution is -0.126. The molecule has 0 radical (unpaired) electrons. The third kappa shape index (κ3) is 6.10. The number of amides is 2. The Balaban J connectivity index is 1.04. The number of aromatic nitrogens is 7. The topological polar surface area (TPSA) is 182 Å². The molecular weight excluding hydrogens is 616 g/mol. The summed E-state index contributed by atoms with van der Waals surface area (Å²) in [5.74, 6) is -0.543. The number of fused-ring (bicyclic) bond motifs is 1. The van der Waals surface area contributed by atoms with Gasteiger partial charge in [-0.3, -0.25) is 28.9 Å². The van der Waals surface area contributed by atoms with Crippen molar-refractivity contribution >= 4 is 34.4 Å². The lowest BCUT2D eigenvalue weighted by atomic mass is 10.1. The SMILES string of the molecule is COc1cnc(-c2cc(C(=O)NCCN3CCNCC3)[nH]n2)c2[nH]cc(C(=O)C(=O)N3CCN(c4nncn4-c4ccccc4)CC3)c12. The van der Waals surface area contributed by atoms with E-state index >= 15 is 0 Å². The second-order valence-corrected chi connectivity index (χ2v) is 11.6. The van der Waals surface area contributed by atoms with E-state index < -0.39 is 11.7 Å². The molecule has 4 aromatic heterocycles. The Kier molecular flexibility index (Phi) is 8.80. The van der Waals surface area contributed by atoms with E-state index in [0.29, 0.717) is 66.7 Å². The normalized spacial score (nSPS) is 15.5. The zero-order valence-electron chi connectivity index (χ0n) is 26.5. The van der Waals surface area contributed by atoms with Crippen LogP contribution < -0.4 is 20.3 Å². The number of nitrogens with zero attached hydrogens (tertiary/aromatic N) is 8. The zero-order valence-corrected chi connectivity index (χ0v) is 26.5. The first-order valence-electron chi connectivity index (χ1n) is 15.9. The smallest absolute Gasteiger partial charge is 0.295 e. The van der Waals surface area contributed by atoms with Gasteiger partial charge in [-0.2, -0.15) is 5.10 Å². The first kappa shape index (κ1) is 31.0. The number of pyridine rings is 1. The van der Waals surface area contributed by atoms with Crippen LogP contribution in [0.2, 0.25) is 0 Å². The Labute approximate surface area is 275 Å². The number of aromatic amines is 2. The molecule has 5 aromatic rings. The number of methoxy groups -OCH3 is 1. The van der Waals surface area contributed by atoms with Crippen LogP contribution in [0.1, 0.15) is 20.8 Å². The van der Waals surface area contributed by atoms with Gasteiger partial charge in [0.25, 0.3) is 17.6 Å². The molecule has 2 fully saturated rings. The molecule has 16 heteroatoms. The Hall–Kier alpha value is -5.61. The maximum absolute atomic E-state index is 13.7. The monoisotopic (exact) mass is 652 g/mol. The van der Waals surface area contributed by atoms with E-state index in [4.69, 9.17) is 4.74 Å². The van der Waals surface area contributed by atoms with Crippen LogP contribution in [0.15, 0.2) is 55.1 Å². The van der Waals surface area contributed by atoms with Gasteiger partial charge in [-0.05, 0) is 18.2 Å². The molecule has 248 valence electrons. The Morgan fingerprint density at radius 3 is 2.58 bits per heavy atom. The molecule has 0 spiro atoms. The van der Waals surface area contributed by atoms with Crippen molar-refractivity contribution in [2.24, 2.45) is 0 Å². The number of hydrogen-bond donors (Lipinski definition) is 4. The lowest BCUT2D eigenvalue weighted by Crippen LogP contribution is -2.51. The van der Waals surface area contributed by atoms with E-state index in [9.17, 15) is 14.4 Å². The fourth-order valence-corrected chi connectivity index (χ4v) is 6.15. The summed E-state index contributed by atoms with van der Waals surface area (Å²) in [6, 6.07) is 11.4. The third-order valence-electron chi connectivity index (χ3n) is 8.74. The first-order chi connectivity index (χ1) is 23.5. The van der Waals surface area contributed by atoms with Crippen molar-refractivity contribution in [2.45, 2.75) is 0 Å². The number of para-hydroxylation sites is 1. The predicted molar refractivity (Wildman–Crippen MR) is 176 cm³/mol. The summed E-state index contributed by atoms with van der Waals surface area (Å²) in [6.07, 6.45) is 4.64. The van der Waals surface area contributed by atoms with Crippen LogP contribution in [-0.2, 0) is 4.79 Å². The van der Waals surface area contributed by atoms with Crippen LogP contribution in [0.4, 0.5) is 5.95 Å². The van der Waals surface area contributed by atoms with Crippen LogP contribution >= 0.6 is 0 Å². The number of H-pyrrole nitrogens is 2. The molecule has 0 saturated carbocycles. The van der Waals surface area contributed by atoms with Crippen molar-refractivity contribution in [2.75, 3.05) is 77.5 Å². The van der Waals surface area contributed by atoms with Crippen LogP contribution in [-0.4, -0.2) is 135 Å². The number of nitrogens with one attached hydrogen (secondary N) is 4. The zero-order chi connectivity index (χ0) is 33.0. The molecule has 2 amide bonds. The Morgan fingerprint density at radius 2 is 1.81 bits per heavy atom. The van der Waals surface area contributed by atoms with Crippen molar-refractivity contribution in [3.05, 3.63) is 66.4 Å². The second kappa shape index (κ2) is 13.6. The van der Waals surface area contributed by atoms with Crippen molar-refractivity contribution in [3.63, 3.8) is 0 Å². The minimum absolute atomic E-state index is 0.170. The Morgan fingerprint density at radius 1 is 1.02 bits per heavy atom. The highest BCUT2D eigenvalue weighted by molar-refractivity contribution is 6.45. The van der Waals surface area contributed by atoms with Crippen molar-refractivity contribution in [1.29, 1.82) is 0 Å². The highest BCUT2D eigenvalue weighted by atomic mass is 16.5. The number of Topliss-reactive ketones (excluding diaryl/α,β-unsaturated/α-hetero) is 1. The van der Waals surface area contributed by atoms with E-state index in [-0.39, 0.29) is 17.2 Å². The minimum Gasteiger partial charge on any atom is -0.494 e. The molecule has 2 saturated heterocycles. The van der Waals surface area contributed by atoms with Gasteiger partial charge in [0, 0.05) is 71.6 Å². The van der Waals surface area contributed by atoms with Gasteiger partial charge >= 0.3 is 0 Å². The number of carbonyl (C=O) groups excluding carboxylic acids is 3. The number of benzene rings is 1. The predicted octanol–water partition coefficient (Wildman–Crippen LogP) is 0.709. The van der Waals surface area contributed by atoms with Crippen LogP contribution in [0.3, 0.4) is 0 Å². The number of carbonyl (C=O) groups is 3. The van der Waals surface area contributed by atoms with Crippen LogP contribution in [0.5, 0.6) is 5.75 Å². The second-order valence-electron chi connectivity index (χ2n) is 11.6. The average molecular weight is 653 g/mol. The summed E-state index contributed by atoms with van der Waals surface area (Å²) in [7, 11) is 1.48. The average Bonchev–Trinajstić information content (AvgIpc) is 3.92. The van der Waals surface area contributed by atoms with Gasteiger partial charge in [0.2, 0.25) is 5.95 Å². The number of ether oxygens (including phenoxy) is 1. The molecular formula is C32H36N12O4. The van der Waals surface area contributed by atoms with Gasteiger partial charge in [0.05, 0.1) is 35.5 Å². The first-order valence-corrected chi connectivity index (χ1v) is 15.9. The van der Waals surface area contributed by atoms with Gasteiger partial charge in [0.1, 0.15) is 29.2 Å². The van der Waals surface area contributed by atoms with E-state index in [1.807, 2.05) is 39.8 Å². The molecule has 2 aliphatic rings. The molecule has 0 atom stereocenters. The molecule has 48 heavy (non-hydrogen) atoms. The minimum atomic E-state index is -0.663. The molecule has 0 unspecified atom stereocenters. The number of anilines is 1. The molecule has 4 N–H and O–H groups in total. The van der Waals surface area contributed by atoms with E-state index in [1.165, 1.54) is 19.5 Å². The molecule has 16 nitrogen and oxygen atoms in total. The molecule has 1 aromatic carbocycles. The van der Waals surface area contributed by atoms with Gasteiger partial charge in [-0.25, -0.2) is 4.98 Å². The fraction of sp³-hybridized carbons (Fsp3) is 0.344. The fourth-order valence-electron chi connectivity index (χ4n) is 6.15. The number of piperazine rings is 2. The van der Waals surface area contributed by atoms with Gasteiger partial charge in [-0.1, -0.05) is 18.2 Å². The number of hydrogen-bond acceptors (Lipinski definition) is 11. The van der Waals surface area contributed by atoms with Crippen molar-refractivity contribution in [1.82, 2.24) is 55.4 Å². The number of ketones is 1. The highest BCUT2D eigenvalue weighted by Gasteiger charge is 2.31. The Bertz CT molecular complexity index is 1920. The molecule has 0 bridgehead atoms. The third-order valence-corrected chi connectivity index (χ3v) is 8.74. The summed E-state index contributed by atoms with van der Waals surface area (Å²) in [5, 5.41) is 22.2. The summed E-state index contributed by atoms with van der Waals surface area (Å²) in [5.41, 5.74) is 2.67. The van der Waals surface area contributed by atoms with Crippen LogP contribution in [0.25, 0.3) is 28.0 Å². The molecule has 7 rings (SSSR count). The maximum Gasteiger partial charge on any atom is 0.295 e. The summed E-state index contributed by atoms with van der Waals surface area (Å²) in [4.78, 5) is 53.5. The standard InChI is InChI=1S/C32H36N12O4/c1-48-25-19-36-27(23-17-24(39-38-23)30(46)34-9-12-41-10-7-33-8-11-41)28-26(25)22(18-35-28)29(45)31(47)42-13-15-43(16-14-42)32-40-37-20-44(32)21-5-3-2-4-6-21/h2-6,17-20,33,35H,7-16H2,1H3,(H,34,46)(H,38,39). The van der Waals surface area contributed by atoms with Crippen molar-refractivity contribution < 1.29 is 19.1 Å². The lowest BCUT2D eigenvalue weighted by Gasteiger charge is -2.34. The quantitative estimate of drug-likeness (QED) is 0.123. The maximum atomic E-state index is 13.7. The summed E-state index contributed by atoms with van der Waals surface area (Å²) in [6.45, 7) is 6.72. The molecule has 6 heterocycles.